The fourth-order valence-corrected chi connectivity index (χ4v) is 2.86. The Balaban J connectivity index is 2.59. The first-order chi connectivity index (χ1) is 7.90. The lowest BCUT2D eigenvalue weighted by Gasteiger charge is -2.26. The molecule has 1 aromatic heterocycles. The molecule has 0 radical (unpaired) electrons. The highest BCUT2D eigenvalue weighted by Crippen LogP contribution is 2.29. The van der Waals surface area contributed by atoms with Crippen molar-refractivity contribution in [2.45, 2.75) is 32.5 Å². The molecule has 1 aliphatic heterocycles. The molecule has 0 amide bonds. The predicted octanol–water partition coefficient (Wildman–Crippen LogP) is 1.45. The molecule has 0 unspecified atom stereocenters. The van der Waals surface area contributed by atoms with E-state index >= 15 is 0 Å². The molecule has 1 N–H and O–H groups in total. The molecule has 1 aromatic rings. The van der Waals surface area contributed by atoms with E-state index < -0.39 is 11.7 Å². The summed E-state index contributed by atoms with van der Waals surface area (Å²) in [7, 11) is 0. The summed E-state index contributed by atoms with van der Waals surface area (Å²) in [6.45, 7) is 4.44. The van der Waals surface area contributed by atoms with Gasteiger partial charge >= 0.3 is 5.66 Å². The van der Waals surface area contributed by atoms with Crippen molar-refractivity contribution in [3.05, 3.63) is 27.6 Å². The van der Waals surface area contributed by atoms with Crippen LogP contribution < -0.4 is 0 Å². The SMILES string of the molecule is CC(=O)[C@]1(C)N(O)[C@H](C)C(c2cccs2)=[N+]1[O-]. The molecule has 0 aromatic carbocycles. The normalized spacial score (nSPS) is 30.0. The van der Waals surface area contributed by atoms with Crippen LogP contribution in [0.1, 0.15) is 25.6 Å². The Morgan fingerprint density at radius 1 is 1.71 bits per heavy atom. The highest BCUT2D eigenvalue weighted by atomic mass is 32.1. The highest BCUT2D eigenvalue weighted by Gasteiger charge is 2.56. The molecular weight excluding hydrogens is 240 g/mol. The van der Waals surface area contributed by atoms with E-state index in [0.717, 1.165) is 9.94 Å². The molecule has 92 valence electrons. The zero-order valence-electron chi connectivity index (χ0n) is 9.88. The maximum Gasteiger partial charge on any atom is 0.307 e. The van der Waals surface area contributed by atoms with Crippen LogP contribution in [0.15, 0.2) is 17.5 Å². The number of rotatable bonds is 2. The molecule has 0 bridgehead atoms. The largest absolute Gasteiger partial charge is 0.622 e. The molecule has 2 rings (SSSR count). The zero-order valence-corrected chi connectivity index (χ0v) is 10.7. The van der Waals surface area contributed by atoms with Crippen LogP contribution in [0, 0.1) is 5.21 Å². The molecule has 0 saturated carbocycles. The van der Waals surface area contributed by atoms with Crippen LogP contribution >= 0.6 is 11.3 Å². The van der Waals surface area contributed by atoms with Crippen LogP contribution in [0.4, 0.5) is 0 Å². The van der Waals surface area contributed by atoms with Crippen molar-refractivity contribution in [1.82, 2.24) is 5.06 Å². The van der Waals surface area contributed by atoms with Gasteiger partial charge in [0.05, 0.1) is 4.88 Å². The van der Waals surface area contributed by atoms with Crippen LogP contribution in [0.2, 0.25) is 0 Å². The molecule has 0 aliphatic carbocycles. The Labute approximate surface area is 103 Å². The van der Waals surface area contributed by atoms with Gasteiger partial charge in [-0.15, -0.1) is 16.4 Å². The number of ketones is 1. The van der Waals surface area contributed by atoms with Crippen LogP contribution in [-0.4, -0.2) is 38.2 Å². The lowest BCUT2D eigenvalue weighted by atomic mass is 10.1. The van der Waals surface area contributed by atoms with E-state index in [0.29, 0.717) is 10.5 Å². The van der Waals surface area contributed by atoms with E-state index in [1.807, 2.05) is 11.4 Å². The van der Waals surface area contributed by atoms with Gasteiger partial charge in [0.1, 0.15) is 6.04 Å². The standard InChI is InChI=1S/C11H14N2O3S/c1-7-10(9-5-4-6-17-9)13(16)11(3,8(2)14)12(7)15/h4-7,15H,1-3H3/t7-,11-/m1/s1. The van der Waals surface area contributed by atoms with Gasteiger partial charge in [-0.05, 0) is 18.4 Å². The van der Waals surface area contributed by atoms with Gasteiger partial charge in [0.25, 0.3) is 0 Å². The van der Waals surface area contributed by atoms with Crippen molar-refractivity contribution in [3.8, 4) is 0 Å². The number of carbonyl (C=O) groups excluding carboxylic acids is 1. The zero-order chi connectivity index (χ0) is 12.8. The molecule has 6 heteroatoms. The van der Waals surface area contributed by atoms with E-state index in [9.17, 15) is 15.2 Å². The Kier molecular flexibility index (Phi) is 2.81. The summed E-state index contributed by atoms with van der Waals surface area (Å²) in [5.41, 5.74) is -1.10. The average molecular weight is 254 g/mol. The summed E-state index contributed by atoms with van der Waals surface area (Å²) < 4.78 is 0.617. The third-order valence-corrected chi connectivity index (χ3v) is 4.16. The maximum absolute atomic E-state index is 12.3. The molecule has 0 spiro atoms. The van der Waals surface area contributed by atoms with Gasteiger partial charge in [0, 0.05) is 13.8 Å². The number of carbonyl (C=O) groups is 1. The Morgan fingerprint density at radius 3 is 2.76 bits per heavy atom. The minimum absolute atomic E-state index is 0.381. The molecule has 0 saturated heterocycles. The number of nitrogens with zero attached hydrogens (tertiary/aromatic N) is 2. The summed E-state index contributed by atoms with van der Waals surface area (Å²) in [5.74, 6) is -0.381. The smallest absolute Gasteiger partial charge is 0.307 e. The monoisotopic (exact) mass is 254 g/mol. The maximum atomic E-state index is 12.3. The molecule has 1 aliphatic rings. The summed E-state index contributed by atoms with van der Waals surface area (Å²) in [6, 6.07) is 3.14. The molecular formula is C11H14N2O3S. The number of thiophene rings is 1. The van der Waals surface area contributed by atoms with Crippen molar-refractivity contribution in [2.24, 2.45) is 0 Å². The Hall–Kier alpha value is -1.24. The van der Waals surface area contributed by atoms with Crippen molar-refractivity contribution in [3.63, 3.8) is 0 Å². The Morgan fingerprint density at radius 2 is 2.35 bits per heavy atom. The van der Waals surface area contributed by atoms with Gasteiger partial charge in [-0.3, -0.25) is 4.79 Å². The first-order valence-electron chi connectivity index (χ1n) is 5.28. The van der Waals surface area contributed by atoms with E-state index in [-0.39, 0.29) is 5.78 Å². The van der Waals surface area contributed by atoms with Gasteiger partial charge in [0.15, 0.2) is 0 Å². The molecule has 5 nitrogen and oxygen atoms in total. The minimum atomic E-state index is -1.53. The number of Topliss-reactive ketones (excluding diaryl/α,β-unsaturated/α-hetero) is 1. The Bertz CT molecular complexity index is 483. The predicted molar refractivity (Wildman–Crippen MR) is 64.2 cm³/mol. The summed E-state index contributed by atoms with van der Waals surface area (Å²) in [6.07, 6.45) is 0. The fraction of sp³-hybridized carbons (Fsp3) is 0.455. The van der Waals surface area contributed by atoms with E-state index in [4.69, 9.17) is 0 Å². The van der Waals surface area contributed by atoms with E-state index in [2.05, 4.69) is 0 Å². The first-order valence-corrected chi connectivity index (χ1v) is 6.16. The quantitative estimate of drug-likeness (QED) is 0.640. The summed E-state index contributed by atoms with van der Waals surface area (Å²) in [4.78, 5) is 12.4. The summed E-state index contributed by atoms with van der Waals surface area (Å²) >= 11 is 1.41. The van der Waals surface area contributed by atoms with Crippen LogP contribution in [0.5, 0.6) is 0 Å². The number of hydrogen-bond acceptors (Lipinski definition) is 5. The van der Waals surface area contributed by atoms with Crippen molar-refractivity contribution >= 4 is 22.8 Å². The second-order valence-electron chi connectivity index (χ2n) is 4.25. The van der Waals surface area contributed by atoms with E-state index in [1.165, 1.54) is 25.2 Å². The minimum Gasteiger partial charge on any atom is -0.622 e. The van der Waals surface area contributed by atoms with Gasteiger partial charge in [-0.2, -0.15) is 4.74 Å². The number of hydroxylamine groups is 3. The van der Waals surface area contributed by atoms with Crippen LogP contribution in [0.25, 0.3) is 0 Å². The van der Waals surface area contributed by atoms with E-state index in [1.54, 1.807) is 13.0 Å². The second kappa shape index (κ2) is 3.90. The fourth-order valence-electron chi connectivity index (χ4n) is 2.02. The third-order valence-electron chi connectivity index (χ3n) is 3.26. The van der Waals surface area contributed by atoms with Gasteiger partial charge in [0.2, 0.25) is 11.5 Å². The second-order valence-corrected chi connectivity index (χ2v) is 5.20. The summed E-state index contributed by atoms with van der Waals surface area (Å²) in [5, 5.41) is 24.9. The van der Waals surface area contributed by atoms with Gasteiger partial charge in [-0.25, -0.2) is 0 Å². The van der Waals surface area contributed by atoms with Crippen molar-refractivity contribution in [1.29, 1.82) is 0 Å². The lowest BCUT2D eigenvalue weighted by Crippen LogP contribution is -2.53. The van der Waals surface area contributed by atoms with Crippen LogP contribution in [0.3, 0.4) is 0 Å². The number of hydrogen-bond donors (Lipinski definition) is 1. The molecule has 17 heavy (non-hydrogen) atoms. The lowest BCUT2D eigenvalue weighted by molar-refractivity contribution is -0.564. The molecule has 0 fully saturated rings. The van der Waals surface area contributed by atoms with Gasteiger partial charge in [-0.1, -0.05) is 6.07 Å². The molecule has 2 heterocycles. The first kappa shape index (κ1) is 12.2. The third kappa shape index (κ3) is 1.52. The topological polar surface area (TPSA) is 66.6 Å². The molecule has 2 atom stereocenters. The van der Waals surface area contributed by atoms with Crippen molar-refractivity contribution in [2.75, 3.05) is 0 Å². The van der Waals surface area contributed by atoms with Gasteiger partial charge < -0.3 is 10.4 Å². The average Bonchev–Trinajstić information content (AvgIpc) is 2.84. The highest BCUT2D eigenvalue weighted by molar-refractivity contribution is 7.12. The van der Waals surface area contributed by atoms with Crippen molar-refractivity contribution < 1.29 is 14.7 Å². The van der Waals surface area contributed by atoms with Crippen LogP contribution in [-0.2, 0) is 4.79 Å².